The number of nitrogens with zero attached hydrogens (tertiary/aromatic N) is 2. The molecule has 13 nitrogen and oxygen atoms in total. The first-order chi connectivity index (χ1) is 25.0. The Kier molecular flexibility index (Phi) is 10.6. The Hall–Kier alpha value is -5.27. The van der Waals surface area contributed by atoms with E-state index in [0.29, 0.717) is 32.8 Å². The number of aryl methyl sites for hydroxylation is 1. The quantitative estimate of drug-likeness (QED) is 0.104. The van der Waals surface area contributed by atoms with Crippen molar-refractivity contribution < 1.29 is 42.8 Å². The lowest BCUT2D eigenvalue weighted by Crippen LogP contribution is -2.45. The fourth-order valence-corrected chi connectivity index (χ4v) is 6.82. The predicted octanol–water partition coefficient (Wildman–Crippen LogP) is 4.68. The summed E-state index contributed by atoms with van der Waals surface area (Å²) in [4.78, 5) is 50.1. The average molecular weight is 728 g/mol. The first kappa shape index (κ1) is 36.5. The molecule has 2 heterocycles. The molecule has 14 heteroatoms. The molecule has 1 aliphatic heterocycles. The van der Waals surface area contributed by atoms with Gasteiger partial charge in [0.1, 0.15) is 29.4 Å². The molecule has 0 saturated carbocycles. The van der Waals surface area contributed by atoms with Crippen LogP contribution in [0, 0.1) is 6.92 Å². The van der Waals surface area contributed by atoms with E-state index in [4.69, 9.17) is 23.5 Å². The van der Waals surface area contributed by atoms with Crippen molar-refractivity contribution in [2.24, 2.45) is 0 Å². The van der Waals surface area contributed by atoms with Crippen molar-refractivity contribution in [3.8, 4) is 11.5 Å². The highest BCUT2D eigenvalue weighted by molar-refractivity contribution is 7.32. The van der Waals surface area contributed by atoms with Crippen LogP contribution in [0.25, 0.3) is 0 Å². The Morgan fingerprint density at radius 2 is 1.38 bits per heavy atom. The van der Waals surface area contributed by atoms with Gasteiger partial charge >= 0.3 is 13.9 Å². The largest absolute Gasteiger partial charge is 0.697 e. The number of hydrogen-bond donors (Lipinski definition) is 2. The Morgan fingerprint density at radius 1 is 0.865 bits per heavy atom. The van der Waals surface area contributed by atoms with Crippen molar-refractivity contribution >= 4 is 14.2 Å². The molecule has 1 unspecified atom stereocenters. The zero-order valence-electron chi connectivity index (χ0n) is 28.4. The summed E-state index contributed by atoms with van der Waals surface area (Å²) in [5, 5.41) is 11.8. The molecular formula is C38H36N2O11P+. The van der Waals surface area contributed by atoms with E-state index in [1.165, 1.54) is 25.3 Å². The van der Waals surface area contributed by atoms with Gasteiger partial charge in [0.25, 0.3) is 17.3 Å². The van der Waals surface area contributed by atoms with Gasteiger partial charge in [-0.05, 0) is 60.0 Å². The summed E-state index contributed by atoms with van der Waals surface area (Å²) < 4.78 is 42.6. The zero-order chi connectivity index (χ0) is 37.0. The normalized spacial score (nSPS) is 18.9. The van der Waals surface area contributed by atoms with Gasteiger partial charge in [-0.3, -0.25) is 14.2 Å². The maximum atomic E-state index is 13.8. The molecule has 5 aromatic rings. The Bertz CT molecular complexity index is 2120. The molecule has 0 spiro atoms. The first-order valence-corrected chi connectivity index (χ1v) is 17.3. The fraction of sp³-hybridized carbons (Fsp3) is 0.237. The number of carbonyl (C=O) groups excluding carboxylic acids is 1. The molecule has 1 saturated heterocycles. The van der Waals surface area contributed by atoms with Gasteiger partial charge in [-0.15, -0.1) is 4.89 Å². The van der Waals surface area contributed by atoms with Crippen LogP contribution >= 0.6 is 8.25 Å². The standard InChI is InChI=1S/C38H35N2O11P/c1-25-23-39(36(43)40(34(25)41)35(42)26-10-6-4-7-11-26)33-22-37(44,51-52(45)46)32(50-33)24-49-38(27-12-8-5-9-13-27,28-14-18-30(47-2)19-15-28)29-16-20-31(48-3)21-17-29/h4-21,23,32-33,44H,22,24H2,1-3H3/p+1/t32-,33-,37-/m1/s1. The maximum absolute atomic E-state index is 13.8. The minimum atomic E-state index is -3.38. The minimum Gasteiger partial charge on any atom is -0.497 e. The van der Waals surface area contributed by atoms with E-state index in [2.05, 4.69) is 0 Å². The number of carbonyl (C=O) groups is 1. The molecule has 4 aromatic carbocycles. The fourth-order valence-electron chi connectivity index (χ4n) is 6.36. The third-order valence-electron chi connectivity index (χ3n) is 8.97. The van der Waals surface area contributed by atoms with Crippen LogP contribution in [0.4, 0.5) is 0 Å². The zero-order valence-corrected chi connectivity index (χ0v) is 29.3. The third-order valence-corrected chi connectivity index (χ3v) is 9.44. The van der Waals surface area contributed by atoms with Crippen molar-refractivity contribution in [2.45, 2.75) is 37.1 Å². The first-order valence-electron chi connectivity index (χ1n) is 16.2. The number of aliphatic hydroxyl groups is 1. The molecule has 268 valence electrons. The second-order valence-corrected chi connectivity index (χ2v) is 12.7. The predicted molar refractivity (Wildman–Crippen MR) is 189 cm³/mol. The van der Waals surface area contributed by atoms with Crippen LogP contribution in [-0.2, 0) is 24.2 Å². The van der Waals surface area contributed by atoms with Gasteiger partial charge in [-0.1, -0.05) is 77.3 Å². The topological polar surface area (TPSA) is 165 Å². The number of rotatable bonds is 12. The number of hydrogen-bond acceptors (Lipinski definition) is 10. The van der Waals surface area contributed by atoms with Gasteiger partial charge in [0.05, 0.1) is 27.2 Å². The second-order valence-electron chi connectivity index (χ2n) is 12.1. The summed E-state index contributed by atoms with van der Waals surface area (Å²) in [6.45, 7) is 0.979. The monoisotopic (exact) mass is 727 g/mol. The number of methoxy groups -OCH3 is 2. The van der Waals surface area contributed by atoms with Gasteiger partial charge in [-0.25, -0.2) is 4.79 Å². The van der Waals surface area contributed by atoms with E-state index < -0.39 is 62.2 Å². The van der Waals surface area contributed by atoms with Crippen molar-refractivity contribution in [3.05, 3.63) is 164 Å². The van der Waals surface area contributed by atoms with Crippen LogP contribution in [-0.4, -0.2) is 57.8 Å². The lowest BCUT2D eigenvalue weighted by atomic mass is 9.80. The molecule has 4 atom stereocenters. The van der Waals surface area contributed by atoms with Crippen LogP contribution in [0.5, 0.6) is 11.5 Å². The Balaban J connectivity index is 1.44. The van der Waals surface area contributed by atoms with Crippen molar-refractivity contribution in [1.82, 2.24) is 9.13 Å². The Morgan fingerprint density at radius 3 is 1.90 bits per heavy atom. The van der Waals surface area contributed by atoms with Gasteiger partial charge in [0.2, 0.25) is 0 Å². The molecule has 0 aliphatic carbocycles. The van der Waals surface area contributed by atoms with E-state index in [0.717, 1.165) is 4.57 Å². The van der Waals surface area contributed by atoms with Gasteiger partial charge in [-0.2, -0.15) is 4.57 Å². The minimum absolute atomic E-state index is 0.0342. The highest BCUT2D eigenvalue weighted by Crippen LogP contribution is 2.46. The molecule has 1 fully saturated rings. The third kappa shape index (κ3) is 6.98. The average Bonchev–Trinajstić information content (AvgIpc) is 3.48. The molecule has 0 radical (unpaired) electrons. The molecular weight excluding hydrogens is 691 g/mol. The lowest BCUT2D eigenvalue weighted by Gasteiger charge is -2.37. The summed E-state index contributed by atoms with van der Waals surface area (Å²) in [6, 6.07) is 31.5. The van der Waals surface area contributed by atoms with Gasteiger partial charge < -0.3 is 24.1 Å². The van der Waals surface area contributed by atoms with Crippen LogP contribution in [0.3, 0.4) is 0 Å². The molecule has 0 bridgehead atoms. The number of ether oxygens (including phenoxy) is 4. The molecule has 1 aromatic heterocycles. The molecule has 6 rings (SSSR count). The van der Waals surface area contributed by atoms with Crippen molar-refractivity contribution in [1.29, 1.82) is 0 Å². The van der Waals surface area contributed by atoms with E-state index >= 15 is 0 Å². The highest BCUT2D eigenvalue weighted by atomic mass is 31.1. The smallest absolute Gasteiger partial charge is 0.497 e. The van der Waals surface area contributed by atoms with E-state index in [1.54, 1.807) is 56.7 Å². The molecule has 2 N–H and O–H groups in total. The van der Waals surface area contributed by atoms with Gasteiger partial charge in [0.15, 0.2) is 0 Å². The second kappa shape index (κ2) is 15.1. The maximum Gasteiger partial charge on any atom is 0.697 e. The summed E-state index contributed by atoms with van der Waals surface area (Å²) in [5.41, 5.74) is -1.09. The van der Waals surface area contributed by atoms with Crippen molar-refractivity contribution in [3.63, 3.8) is 0 Å². The summed E-state index contributed by atoms with van der Waals surface area (Å²) in [5.74, 6) is -2.12. The van der Waals surface area contributed by atoms with Crippen LogP contribution in [0.2, 0.25) is 0 Å². The van der Waals surface area contributed by atoms with Crippen molar-refractivity contribution in [2.75, 3.05) is 20.8 Å². The van der Waals surface area contributed by atoms with Gasteiger partial charge in [0, 0.05) is 21.9 Å². The summed E-state index contributed by atoms with van der Waals surface area (Å²) >= 11 is 0. The van der Waals surface area contributed by atoms with Crippen LogP contribution in [0.15, 0.2) is 125 Å². The Labute approximate surface area is 299 Å². The van der Waals surface area contributed by atoms with Crippen LogP contribution < -0.4 is 20.7 Å². The van der Waals surface area contributed by atoms with E-state index in [-0.39, 0.29) is 11.1 Å². The number of aromatic nitrogens is 2. The summed E-state index contributed by atoms with van der Waals surface area (Å²) in [7, 11) is -0.278. The van der Waals surface area contributed by atoms with E-state index in [1.807, 2.05) is 54.6 Å². The highest BCUT2D eigenvalue weighted by Gasteiger charge is 2.56. The van der Waals surface area contributed by atoms with E-state index in [9.17, 15) is 28.9 Å². The summed E-state index contributed by atoms with van der Waals surface area (Å²) in [6.07, 6.45) is -2.16. The SMILES string of the molecule is COc1ccc(C(OC[C@H]2O[C@@H](n3cc(C)c(=O)n(C(=O)c4ccccc4)c3=O)C[C@@]2(O)O[P+](=O)O)(c2ccccc2)c2ccc(OC)cc2)cc1. The molecule has 1 aliphatic rings. The van der Waals surface area contributed by atoms with Crippen LogP contribution in [0.1, 0.15) is 45.3 Å². The molecule has 52 heavy (non-hydrogen) atoms. The lowest BCUT2D eigenvalue weighted by molar-refractivity contribution is -0.198. The number of benzene rings is 4. The molecule has 0 amide bonds.